The molecule has 1 fully saturated rings. The normalized spacial score (nSPS) is 15.8. The lowest BCUT2D eigenvalue weighted by molar-refractivity contribution is 0.576. The van der Waals surface area contributed by atoms with Gasteiger partial charge in [-0.1, -0.05) is 29.8 Å². The first-order valence-corrected chi connectivity index (χ1v) is 8.04. The minimum absolute atomic E-state index is 0.105. The summed E-state index contributed by atoms with van der Waals surface area (Å²) in [7, 11) is -3.24. The molecule has 0 amide bonds. The van der Waals surface area contributed by atoms with Crippen molar-refractivity contribution < 1.29 is 8.42 Å². The van der Waals surface area contributed by atoms with E-state index >= 15 is 0 Å². The average molecular weight is 289 g/mol. The maximum atomic E-state index is 11.7. The highest BCUT2D eigenvalue weighted by Gasteiger charge is 2.21. The van der Waals surface area contributed by atoms with Crippen LogP contribution in [0.1, 0.15) is 18.4 Å². The first-order chi connectivity index (χ1) is 8.57. The van der Waals surface area contributed by atoms with Crippen molar-refractivity contribution >= 4 is 21.6 Å². The number of hydrogen-bond donors (Lipinski definition) is 2. The van der Waals surface area contributed by atoms with Crippen molar-refractivity contribution in [2.24, 2.45) is 0 Å². The number of hydrogen-bond acceptors (Lipinski definition) is 3. The van der Waals surface area contributed by atoms with Gasteiger partial charge in [0, 0.05) is 24.2 Å². The van der Waals surface area contributed by atoms with Gasteiger partial charge in [-0.25, -0.2) is 13.1 Å². The summed E-state index contributed by atoms with van der Waals surface area (Å²) in [6, 6.07) is 7.75. The molecule has 1 aromatic carbocycles. The molecule has 0 aliphatic heterocycles. The second-order valence-electron chi connectivity index (χ2n) is 4.46. The van der Waals surface area contributed by atoms with Crippen molar-refractivity contribution in [2.45, 2.75) is 25.4 Å². The van der Waals surface area contributed by atoms with Crippen molar-refractivity contribution in [2.75, 3.05) is 12.3 Å². The second kappa shape index (κ2) is 6.02. The molecule has 2 N–H and O–H groups in total. The van der Waals surface area contributed by atoms with Crippen LogP contribution in [0.15, 0.2) is 24.3 Å². The molecule has 0 heterocycles. The predicted octanol–water partition coefficient (Wildman–Crippen LogP) is 1.51. The molecule has 0 aromatic heterocycles. The van der Waals surface area contributed by atoms with E-state index in [4.69, 9.17) is 11.6 Å². The van der Waals surface area contributed by atoms with Crippen molar-refractivity contribution in [3.05, 3.63) is 34.9 Å². The molecule has 100 valence electrons. The number of rotatable bonds is 7. The molecular weight excluding hydrogens is 272 g/mol. The zero-order chi connectivity index (χ0) is 13.0. The Labute approximate surface area is 113 Å². The quantitative estimate of drug-likeness (QED) is 0.800. The Morgan fingerprint density at radius 2 is 2.00 bits per heavy atom. The standard InChI is InChI=1S/C12H17ClN2O2S/c13-12-4-2-1-3-10(12)9-15-18(16,17)8-7-14-11-5-6-11/h1-4,11,14-15H,5-9H2. The molecule has 6 heteroatoms. The summed E-state index contributed by atoms with van der Waals surface area (Å²) < 4.78 is 26.0. The van der Waals surface area contributed by atoms with E-state index < -0.39 is 10.0 Å². The van der Waals surface area contributed by atoms with E-state index in [1.165, 1.54) is 0 Å². The molecule has 1 aliphatic carbocycles. The molecule has 0 bridgehead atoms. The highest BCUT2D eigenvalue weighted by atomic mass is 35.5. The van der Waals surface area contributed by atoms with Crippen LogP contribution < -0.4 is 10.0 Å². The average Bonchev–Trinajstić information content (AvgIpc) is 3.12. The van der Waals surface area contributed by atoms with Crippen LogP contribution in [0.2, 0.25) is 5.02 Å². The van der Waals surface area contributed by atoms with Gasteiger partial charge in [0.05, 0.1) is 5.75 Å². The Bertz CT molecular complexity index is 501. The van der Waals surface area contributed by atoms with Gasteiger partial charge in [-0.05, 0) is 24.5 Å². The van der Waals surface area contributed by atoms with Crippen LogP contribution in [-0.2, 0) is 16.6 Å². The van der Waals surface area contributed by atoms with E-state index in [1.54, 1.807) is 6.07 Å². The van der Waals surface area contributed by atoms with Gasteiger partial charge in [-0.2, -0.15) is 0 Å². The lowest BCUT2D eigenvalue weighted by atomic mass is 10.2. The van der Waals surface area contributed by atoms with Crippen LogP contribution in [0.3, 0.4) is 0 Å². The van der Waals surface area contributed by atoms with Crippen LogP contribution in [0.25, 0.3) is 0 Å². The molecule has 1 aromatic rings. The Kier molecular flexibility index (Phi) is 4.61. The van der Waals surface area contributed by atoms with Crippen LogP contribution in [-0.4, -0.2) is 26.8 Å². The fraction of sp³-hybridized carbons (Fsp3) is 0.500. The van der Waals surface area contributed by atoms with Crippen LogP contribution in [0.5, 0.6) is 0 Å². The Hall–Kier alpha value is -0.620. The summed E-state index contributed by atoms with van der Waals surface area (Å²) in [5.74, 6) is 0.105. The molecule has 0 spiro atoms. The molecule has 4 nitrogen and oxygen atoms in total. The van der Waals surface area contributed by atoms with Gasteiger partial charge in [-0.15, -0.1) is 0 Å². The SMILES string of the molecule is O=S(=O)(CCNC1CC1)NCc1ccccc1Cl. The summed E-state index contributed by atoms with van der Waals surface area (Å²) in [6.07, 6.45) is 2.32. The monoisotopic (exact) mass is 288 g/mol. The minimum Gasteiger partial charge on any atom is -0.313 e. The molecule has 1 saturated carbocycles. The lowest BCUT2D eigenvalue weighted by Gasteiger charge is -2.08. The van der Waals surface area contributed by atoms with Gasteiger partial charge >= 0.3 is 0 Å². The first kappa shape index (κ1) is 13.8. The van der Waals surface area contributed by atoms with E-state index in [2.05, 4.69) is 10.0 Å². The van der Waals surface area contributed by atoms with E-state index in [0.29, 0.717) is 17.6 Å². The van der Waals surface area contributed by atoms with E-state index in [9.17, 15) is 8.42 Å². The van der Waals surface area contributed by atoms with E-state index in [1.807, 2.05) is 18.2 Å². The maximum absolute atomic E-state index is 11.7. The number of halogens is 1. The third-order valence-electron chi connectivity index (χ3n) is 2.82. The molecule has 0 saturated heterocycles. The zero-order valence-electron chi connectivity index (χ0n) is 10.0. The third-order valence-corrected chi connectivity index (χ3v) is 4.52. The van der Waals surface area contributed by atoms with Gasteiger partial charge in [0.2, 0.25) is 10.0 Å². The molecule has 0 radical (unpaired) electrons. The van der Waals surface area contributed by atoms with E-state index in [0.717, 1.165) is 18.4 Å². The lowest BCUT2D eigenvalue weighted by Crippen LogP contribution is -2.32. The van der Waals surface area contributed by atoms with Crippen LogP contribution in [0.4, 0.5) is 0 Å². The molecule has 0 unspecified atom stereocenters. The van der Waals surface area contributed by atoms with Gasteiger partial charge in [0.1, 0.15) is 0 Å². The van der Waals surface area contributed by atoms with Crippen molar-refractivity contribution in [3.8, 4) is 0 Å². The highest BCUT2D eigenvalue weighted by molar-refractivity contribution is 7.89. The summed E-state index contributed by atoms with van der Waals surface area (Å²) >= 11 is 5.96. The van der Waals surface area contributed by atoms with Gasteiger partial charge in [0.15, 0.2) is 0 Å². The summed E-state index contributed by atoms with van der Waals surface area (Å²) in [5.41, 5.74) is 0.790. The molecule has 1 aliphatic rings. The fourth-order valence-electron chi connectivity index (χ4n) is 1.59. The first-order valence-electron chi connectivity index (χ1n) is 6.01. The van der Waals surface area contributed by atoms with Crippen molar-refractivity contribution in [1.29, 1.82) is 0 Å². The van der Waals surface area contributed by atoms with Gasteiger partial charge in [-0.3, -0.25) is 0 Å². The minimum atomic E-state index is -3.24. The second-order valence-corrected chi connectivity index (χ2v) is 6.79. The largest absolute Gasteiger partial charge is 0.313 e. The molecule has 0 atom stereocenters. The maximum Gasteiger partial charge on any atom is 0.213 e. The Morgan fingerprint density at radius 1 is 1.28 bits per heavy atom. The molecule has 2 rings (SSSR count). The summed E-state index contributed by atoms with van der Waals surface area (Å²) in [5, 5.41) is 3.76. The van der Waals surface area contributed by atoms with Crippen molar-refractivity contribution in [1.82, 2.24) is 10.0 Å². The van der Waals surface area contributed by atoms with Gasteiger partial charge < -0.3 is 5.32 Å². The number of nitrogens with one attached hydrogen (secondary N) is 2. The van der Waals surface area contributed by atoms with Crippen molar-refractivity contribution in [3.63, 3.8) is 0 Å². The van der Waals surface area contributed by atoms with E-state index in [-0.39, 0.29) is 12.3 Å². The number of benzene rings is 1. The Morgan fingerprint density at radius 3 is 2.67 bits per heavy atom. The topological polar surface area (TPSA) is 58.2 Å². The van der Waals surface area contributed by atoms with Crippen LogP contribution in [0, 0.1) is 0 Å². The third kappa shape index (κ3) is 4.57. The Balaban J connectivity index is 1.78. The smallest absolute Gasteiger partial charge is 0.213 e. The predicted molar refractivity (Wildman–Crippen MR) is 73.1 cm³/mol. The summed E-state index contributed by atoms with van der Waals surface area (Å²) in [6.45, 7) is 0.744. The molecule has 18 heavy (non-hydrogen) atoms. The zero-order valence-corrected chi connectivity index (χ0v) is 11.6. The number of sulfonamides is 1. The molecular formula is C12H17ClN2O2S. The fourth-order valence-corrected chi connectivity index (χ4v) is 2.70. The highest BCUT2D eigenvalue weighted by Crippen LogP contribution is 2.18. The van der Waals surface area contributed by atoms with Crippen LogP contribution >= 0.6 is 11.6 Å². The van der Waals surface area contributed by atoms with Gasteiger partial charge in [0.25, 0.3) is 0 Å². The summed E-state index contributed by atoms with van der Waals surface area (Å²) in [4.78, 5) is 0.